The van der Waals surface area contributed by atoms with Crippen LogP contribution in [0.15, 0.2) is 41.3 Å². The van der Waals surface area contributed by atoms with Crippen LogP contribution in [0.2, 0.25) is 0 Å². The van der Waals surface area contributed by atoms with E-state index in [1.165, 1.54) is 38.2 Å². The molecule has 0 unspecified atom stereocenters. The van der Waals surface area contributed by atoms with Gasteiger partial charge < -0.3 is 14.5 Å². The SMILES string of the molecule is CCOC(=O)N1CCN(S(=O)(=O)c2ccc(C(=O)N(CCN(CC)CC)c3nc4cc(C)c(C)cc4s3)cc2)CC1. The number of ether oxygens (including phenoxy) is 1. The number of fused-ring (bicyclic) bond motifs is 1. The molecule has 0 aliphatic carbocycles. The van der Waals surface area contributed by atoms with Gasteiger partial charge in [0, 0.05) is 44.8 Å². The summed E-state index contributed by atoms with van der Waals surface area (Å²) in [6, 6.07) is 10.2. The Kier molecular flexibility index (Phi) is 10.0. The highest BCUT2D eigenvalue weighted by molar-refractivity contribution is 7.89. The Bertz CT molecular complexity index is 1440. The molecule has 41 heavy (non-hydrogen) atoms. The van der Waals surface area contributed by atoms with Crippen LogP contribution in [0, 0.1) is 13.8 Å². The second kappa shape index (κ2) is 13.3. The van der Waals surface area contributed by atoms with E-state index in [0.717, 1.165) is 28.9 Å². The highest BCUT2D eigenvalue weighted by atomic mass is 32.2. The minimum Gasteiger partial charge on any atom is -0.450 e. The molecule has 222 valence electrons. The predicted molar refractivity (Wildman–Crippen MR) is 162 cm³/mol. The Labute approximate surface area is 246 Å². The number of aryl methyl sites for hydroxylation is 2. The molecule has 0 atom stereocenters. The van der Waals surface area contributed by atoms with Gasteiger partial charge in [0.05, 0.1) is 21.7 Å². The first-order chi connectivity index (χ1) is 19.6. The molecule has 0 bridgehead atoms. The maximum Gasteiger partial charge on any atom is 0.409 e. The van der Waals surface area contributed by atoms with Crippen LogP contribution in [0.1, 0.15) is 42.3 Å². The molecule has 1 aliphatic rings. The molecule has 10 nitrogen and oxygen atoms in total. The van der Waals surface area contributed by atoms with Crippen molar-refractivity contribution in [2.75, 3.05) is 63.9 Å². The van der Waals surface area contributed by atoms with E-state index >= 15 is 0 Å². The van der Waals surface area contributed by atoms with Crippen LogP contribution in [0.4, 0.5) is 9.93 Å². The van der Waals surface area contributed by atoms with Crippen molar-refractivity contribution in [2.45, 2.75) is 39.5 Å². The number of hydrogen-bond donors (Lipinski definition) is 0. The van der Waals surface area contributed by atoms with Crippen molar-refractivity contribution in [1.82, 2.24) is 19.1 Å². The van der Waals surface area contributed by atoms with Crippen LogP contribution in [-0.2, 0) is 14.8 Å². The van der Waals surface area contributed by atoms with Gasteiger partial charge in [0.15, 0.2) is 5.13 Å². The molecule has 0 N–H and O–H groups in total. The lowest BCUT2D eigenvalue weighted by Crippen LogP contribution is -2.50. The number of thiazole rings is 1. The fraction of sp³-hybridized carbons (Fsp3) is 0.483. The van der Waals surface area contributed by atoms with Crippen molar-refractivity contribution in [3.63, 3.8) is 0 Å². The largest absolute Gasteiger partial charge is 0.450 e. The predicted octanol–water partition coefficient (Wildman–Crippen LogP) is 4.36. The molecular weight excluding hydrogens is 562 g/mol. The number of hydrogen-bond acceptors (Lipinski definition) is 8. The van der Waals surface area contributed by atoms with Crippen molar-refractivity contribution in [3.05, 3.63) is 53.1 Å². The average Bonchev–Trinajstić information content (AvgIpc) is 3.37. The topological polar surface area (TPSA) is 103 Å². The normalized spacial score (nSPS) is 14.5. The van der Waals surface area contributed by atoms with Crippen LogP contribution in [0.3, 0.4) is 0 Å². The fourth-order valence-corrected chi connectivity index (χ4v) is 7.24. The smallest absolute Gasteiger partial charge is 0.409 e. The number of rotatable bonds is 10. The van der Waals surface area contributed by atoms with Crippen LogP contribution in [0.5, 0.6) is 0 Å². The molecule has 2 amide bonds. The Hall–Kier alpha value is -3.06. The number of likely N-dealkylation sites (N-methyl/N-ethyl adjacent to an activating group) is 1. The summed E-state index contributed by atoms with van der Waals surface area (Å²) in [5.74, 6) is -0.225. The second-order valence-corrected chi connectivity index (χ2v) is 12.9. The van der Waals surface area contributed by atoms with Gasteiger partial charge in [-0.2, -0.15) is 4.31 Å². The highest BCUT2D eigenvalue weighted by Gasteiger charge is 2.31. The molecule has 0 radical (unpaired) electrons. The molecule has 1 aromatic heterocycles. The number of amides is 2. The maximum absolute atomic E-state index is 13.8. The van der Waals surface area contributed by atoms with Gasteiger partial charge in [-0.05, 0) is 81.4 Å². The minimum atomic E-state index is -3.78. The number of aromatic nitrogens is 1. The summed E-state index contributed by atoms with van der Waals surface area (Å²) in [5.41, 5.74) is 3.57. The zero-order valence-corrected chi connectivity index (χ0v) is 26.1. The van der Waals surface area contributed by atoms with Crippen LogP contribution in [0.25, 0.3) is 10.2 Å². The summed E-state index contributed by atoms with van der Waals surface area (Å²) in [6.45, 7) is 14.1. The number of benzene rings is 2. The molecule has 12 heteroatoms. The van der Waals surface area contributed by atoms with Crippen molar-refractivity contribution >= 4 is 48.7 Å². The van der Waals surface area contributed by atoms with Crippen LogP contribution >= 0.6 is 11.3 Å². The zero-order chi connectivity index (χ0) is 29.7. The Balaban J connectivity index is 1.55. The summed E-state index contributed by atoms with van der Waals surface area (Å²) in [5, 5.41) is 0.623. The van der Waals surface area contributed by atoms with Gasteiger partial charge in [-0.25, -0.2) is 18.2 Å². The van der Waals surface area contributed by atoms with E-state index < -0.39 is 16.1 Å². The molecule has 1 fully saturated rings. The number of sulfonamides is 1. The first-order valence-electron chi connectivity index (χ1n) is 14.0. The molecule has 0 spiro atoms. The minimum absolute atomic E-state index is 0.110. The Morgan fingerprint density at radius 3 is 2.20 bits per heavy atom. The fourth-order valence-electron chi connectivity index (χ4n) is 4.75. The maximum atomic E-state index is 13.8. The molecule has 4 rings (SSSR count). The Morgan fingerprint density at radius 1 is 0.951 bits per heavy atom. The first-order valence-corrected chi connectivity index (χ1v) is 16.3. The molecule has 0 saturated carbocycles. The van der Waals surface area contributed by atoms with E-state index in [-0.39, 0.29) is 43.6 Å². The molecule has 1 saturated heterocycles. The van der Waals surface area contributed by atoms with Crippen molar-refractivity contribution in [3.8, 4) is 0 Å². The monoisotopic (exact) mass is 601 g/mol. The Morgan fingerprint density at radius 2 is 1.59 bits per heavy atom. The lowest BCUT2D eigenvalue weighted by molar-refractivity contribution is 0.0933. The van der Waals surface area contributed by atoms with Crippen molar-refractivity contribution in [2.24, 2.45) is 0 Å². The van der Waals surface area contributed by atoms with E-state index in [9.17, 15) is 18.0 Å². The molecule has 2 heterocycles. The summed E-state index contributed by atoms with van der Waals surface area (Å²) in [6.07, 6.45) is -0.434. The van der Waals surface area contributed by atoms with Gasteiger partial charge in [0.25, 0.3) is 5.91 Å². The van der Waals surface area contributed by atoms with Gasteiger partial charge >= 0.3 is 6.09 Å². The lowest BCUT2D eigenvalue weighted by Gasteiger charge is -2.33. The van der Waals surface area contributed by atoms with Gasteiger partial charge in [-0.15, -0.1) is 0 Å². The molecule has 2 aromatic carbocycles. The second-order valence-electron chi connectivity index (χ2n) is 10.00. The van der Waals surface area contributed by atoms with E-state index in [1.54, 1.807) is 24.0 Å². The molecule has 3 aromatic rings. The van der Waals surface area contributed by atoms with Gasteiger partial charge in [-0.1, -0.05) is 25.2 Å². The van der Waals surface area contributed by atoms with Gasteiger partial charge in [-0.3, -0.25) is 9.69 Å². The van der Waals surface area contributed by atoms with E-state index in [1.807, 2.05) is 13.0 Å². The van der Waals surface area contributed by atoms with Gasteiger partial charge in [0.2, 0.25) is 10.0 Å². The summed E-state index contributed by atoms with van der Waals surface area (Å²) in [7, 11) is -3.78. The average molecular weight is 602 g/mol. The third-order valence-corrected chi connectivity index (χ3v) is 10.5. The van der Waals surface area contributed by atoms with E-state index in [4.69, 9.17) is 9.72 Å². The third kappa shape index (κ3) is 6.88. The molecule has 1 aliphatic heterocycles. The number of anilines is 1. The number of carbonyl (C=O) groups excluding carboxylic acids is 2. The number of piperazine rings is 1. The lowest BCUT2D eigenvalue weighted by atomic mass is 10.1. The highest BCUT2D eigenvalue weighted by Crippen LogP contribution is 2.32. The van der Waals surface area contributed by atoms with Gasteiger partial charge in [0.1, 0.15) is 0 Å². The third-order valence-electron chi connectivity index (χ3n) is 7.51. The first kappa shape index (κ1) is 30.9. The summed E-state index contributed by atoms with van der Waals surface area (Å²) < 4.78 is 34.0. The quantitative estimate of drug-likeness (QED) is 0.340. The van der Waals surface area contributed by atoms with Crippen molar-refractivity contribution < 1.29 is 22.7 Å². The van der Waals surface area contributed by atoms with Crippen molar-refractivity contribution in [1.29, 1.82) is 0 Å². The molecular formula is C29H39N5O5S2. The standard InChI is InChI=1S/C29H39N5O5S2/c1-6-31(7-2)13-18-34(28-30-25-19-21(4)22(5)20-26(25)40-28)27(35)23-9-11-24(12-10-23)41(37,38)33-16-14-32(15-17-33)29(36)39-8-3/h9-12,19-20H,6-8,13-18H2,1-5H3. The van der Waals surface area contributed by atoms with Crippen LogP contribution < -0.4 is 4.90 Å². The number of nitrogens with zero attached hydrogens (tertiary/aromatic N) is 5. The number of carbonyl (C=O) groups is 2. The summed E-state index contributed by atoms with van der Waals surface area (Å²) in [4.78, 5) is 36.2. The van der Waals surface area contributed by atoms with E-state index in [0.29, 0.717) is 23.8 Å². The van der Waals surface area contributed by atoms with E-state index in [2.05, 4.69) is 31.7 Å². The summed E-state index contributed by atoms with van der Waals surface area (Å²) >= 11 is 1.49. The zero-order valence-electron chi connectivity index (χ0n) is 24.4. The van der Waals surface area contributed by atoms with Crippen LogP contribution in [-0.4, -0.2) is 98.5 Å².